The maximum Gasteiger partial charge on any atom is 0.258 e. The Morgan fingerprint density at radius 1 is 1.00 bits per heavy atom. The smallest absolute Gasteiger partial charge is 0.258 e. The molecular weight excluding hydrogens is 322 g/mol. The highest BCUT2D eigenvalue weighted by atomic mass is 16.1. The summed E-state index contributed by atoms with van der Waals surface area (Å²) in [5.74, 6) is 1.58. The van der Waals surface area contributed by atoms with Crippen molar-refractivity contribution in [1.82, 2.24) is 14.9 Å². The first kappa shape index (κ1) is 17.0. The number of nitrogens with zero attached hydrogens (tertiary/aromatic N) is 2. The Bertz CT molecular complexity index is 911. The van der Waals surface area contributed by atoms with Crippen molar-refractivity contribution < 1.29 is 0 Å². The van der Waals surface area contributed by atoms with Crippen LogP contribution in [0.4, 0.5) is 0 Å². The third-order valence-corrected chi connectivity index (χ3v) is 5.40. The molecule has 0 radical (unpaired) electrons. The summed E-state index contributed by atoms with van der Waals surface area (Å²) in [6.45, 7) is 3.23. The second-order valence-electron chi connectivity index (χ2n) is 7.25. The third kappa shape index (κ3) is 4.02. The summed E-state index contributed by atoms with van der Waals surface area (Å²) in [4.78, 5) is 22.2. The lowest BCUT2D eigenvalue weighted by Crippen LogP contribution is -2.36. The van der Waals surface area contributed by atoms with Crippen molar-refractivity contribution in [2.75, 3.05) is 19.6 Å². The van der Waals surface area contributed by atoms with Crippen LogP contribution < -0.4 is 5.56 Å². The molecule has 0 aliphatic carbocycles. The van der Waals surface area contributed by atoms with Crippen LogP contribution in [-0.4, -0.2) is 34.5 Å². The van der Waals surface area contributed by atoms with Crippen LogP contribution >= 0.6 is 0 Å². The van der Waals surface area contributed by atoms with Gasteiger partial charge in [0.2, 0.25) is 0 Å². The van der Waals surface area contributed by atoms with Crippen LogP contribution in [0.15, 0.2) is 59.4 Å². The van der Waals surface area contributed by atoms with Crippen molar-refractivity contribution in [3.63, 3.8) is 0 Å². The molecule has 1 saturated heterocycles. The predicted octanol–water partition coefficient (Wildman–Crippen LogP) is 3.42. The molecule has 2 heterocycles. The van der Waals surface area contributed by atoms with Gasteiger partial charge in [0.25, 0.3) is 5.56 Å². The summed E-state index contributed by atoms with van der Waals surface area (Å²) >= 11 is 0. The van der Waals surface area contributed by atoms with E-state index in [1.54, 1.807) is 0 Å². The largest absolute Gasteiger partial charge is 0.310 e. The number of aromatic amines is 1. The van der Waals surface area contributed by atoms with Gasteiger partial charge in [-0.05, 0) is 56.0 Å². The van der Waals surface area contributed by atoms with Crippen molar-refractivity contribution >= 4 is 10.9 Å². The van der Waals surface area contributed by atoms with Crippen LogP contribution in [0.2, 0.25) is 0 Å². The lowest BCUT2D eigenvalue weighted by atomic mass is 9.90. The van der Waals surface area contributed by atoms with Gasteiger partial charge in [-0.1, -0.05) is 42.5 Å². The monoisotopic (exact) mass is 347 g/mol. The third-order valence-electron chi connectivity index (χ3n) is 5.40. The van der Waals surface area contributed by atoms with Crippen LogP contribution in [0.1, 0.15) is 24.2 Å². The molecule has 1 aliphatic rings. The molecule has 1 fully saturated rings. The molecule has 0 spiro atoms. The second-order valence-corrected chi connectivity index (χ2v) is 7.25. The van der Waals surface area contributed by atoms with E-state index < -0.39 is 0 Å². The molecule has 4 rings (SSSR count). The van der Waals surface area contributed by atoms with Gasteiger partial charge in [0.15, 0.2) is 0 Å². The minimum absolute atomic E-state index is 0.0350. The van der Waals surface area contributed by atoms with Crippen LogP contribution in [0.5, 0.6) is 0 Å². The number of benzene rings is 2. The van der Waals surface area contributed by atoms with Gasteiger partial charge in [0, 0.05) is 13.0 Å². The molecule has 0 bridgehead atoms. The lowest BCUT2D eigenvalue weighted by molar-refractivity contribution is 0.185. The van der Waals surface area contributed by atoms with E-state index in [9.17, 15) is 4.79 Å². The molecule has 0 atom stereocenters. The summed E-state index contributed by atoms with van der Waals surface area (Å²) in [7, 11) is 0. The zero-order chi connectivity index (χ0) is 17.8. The highest BCUT2D eigenvalue weighted by molar-refractivity contribution is 5.77. The van der Waals surface area contributed by atoms with Crippen molar-refractivity contribution in [1.29, 1.82) is 0 Å². The van der Waals surface area contributed by atoms with Gasteiger partial charge in [-0.15, -0.1) is 0 Å². The average Bonchev–Trinajstić information content (AvgIpc) is 2.68. The minimum Gasteiger partial charge on any atom is -0.310 e. The number of piperidine rings is 1. The number of rotatable bonds is 5. The molecule has 2 aromatic carbocycles. The number of likely N-dealkylation sites (tertiary alicyclic amines) is 1. The van der Waals surface area contributed by atoms with Gasteiger partial charge in [0.05, 0.1) is 10.9 Å². The maximum atomic E-state index is 12.2. The minimum atomic E-state index is -0.0350. The van der Waals surface area contributed by atoms with E-state index in [1.165, 1.54) is 24.8 Å². The molecule has 0 saturated carbocycles. The Kier molecular flexibility index (Phi) is 5.12. The van der Waals surface area contributed by atoms with Crippen molar-refractivity contribution in [2.45, 2.75) is 25.7 Å². The Morgan fingerprint density at radius 2 is 1.73 bits per heavy atom. The normalized spacial score (nSPS) is 16.2. The van der Waals surface area contributed by atoms with Crippen LogP contribution in [-0.2, 0) is 12.8 Å². The molecule has 4 nitrogen and oxygen atoms in total. The van der Waals surface area contributed by atoms with E-state index in [4.69, 9.17) is 0 Å². The number of hydrogen-bond donors (Lipinski definition) is 1. The molecular formula is C22H25N3O. The van der Waals surface area contributed by atoms with Gasteiger partial charge >= 0.3 is 0 Å². The zero-order valence-electron chi connectivity index (χ0n) is 15.0. The van der Waals surface area contributed by atoms with Crippen LogP contribution in [0, 0.1) is 5.92 Å². The van der Waals surface area contributed by atoms with E-state index in [0.29, 0.717) is 5.39 Å². The highest BCUT2D eigenvalue weighted by Crippen LogP contribution is 2.21. The molecule has 26 heavy (non-hydrogen) atoms. The fraction of sp³-hybridized carbons (Fsp3) is 0.364. The molecule has 3 aromatic rings. The van der Waals surface area contributed by atoms with E-state index in [2.05, 4.69) is 45.2 Å². The van der Waals surface area contributed by atoms with Crippen LogP contribution in [0.25, 0.3) is 10.9 Å². The molecule has 1 aromatic heterocycles. The summed E-state index contributed by atoms with van der Waals surface area (Å²) in [6.07, 6.45) is 4.48. The number of para-hydroxylation sites is 1. The number of fused-ring (bicyclic) bond motifs is 1. The topological polar surface area (TPSA) is 49.0 Å². The summed E-state index contributed by atoms with van der Waals surface area (Å²) in [6, 6.07) is 18.3. The summed E-state index contributed by atoms with van der Waals surface area (Å²) in [5, 5.41) is 0.665. The van der Waals surface area contributed by atoms with Gasteiger partial charge in [-0.3, -0.25) is 4.79 Å². The van der Waals surface area contributed by atoms with E-state index in [-0.39, 0.29) is 5.56 Å². The number of hydrogen-bond acceptors (Lipinski definition) is 3. The lowest BCUT2D eigenvalue weighted by Gasteiger charge is -2.31. The molecule has 0 unspecified atom stereocenters. The Morgan fingerprint density at radius 3 is 2.54 bits per heavy atom. The highest BCUT2D eigenvalue weighted by Gasteiger charge is 2.19. The quantitative estimate of drug-likeness (QED) is 0.769. The number of aromatic nitrogens is 2. The Labute approximate surface area is 153 Å². The zero-order valence-corrected chi connectivity index (χ0v) is 15.0. The SMILES string of the molecule is O=c1[nH]c(CCN2CCC(Cc3ccccc3)CC2)nc2ccccc12. The second kappa shape index (κ2) is 7.83. The van der Waals surface area contributed by atoms with Crippen molar-refractivity contribution in [3.8, 4) is 0 Å². The summed E-state index contributed by atoms with van der Waals surface area (Å²) < 4.78 is 0. The Balaban J connectivity index is 1.30. The van der Waals surface area contributed by atoms with Crippen molar-refractivity contribution in [2.24, 2.45) is 5.92 Å². The number of H-pyrrole nitrogens is 1. The van der Waals surface area contributed by atoms with Gasteiger partial charge in [-0.25, -0.2) is 4.98 Å². The van der Waals surface area contributed by atoms with E-state index >= 15 is 0 Å². The average molecular weight is 347 g/mol. The molecule has 134 valence electrons. The molecule has 0 amide bonds. The fourth-order valence-electron chi connectivity index (χ4n) is 3.88. The molecule has 1 N–H and O–H groups in total. The molecule has 1 aliphatic heterocycles. The first-order chi connectivity index (χ1) is 12.8. The predicted molar refractivity (Wildman–Crippen MR) is 105 cm³/mol. The standard InChI is InChI=1S/C22H25N3O/c26-22-19-8-4-5-9-20(19)23-21(24-22)12-15-25-13-10-18(11-14-25)16-17-6-2-1-3-7-17/h1-9,18H,10-16H2,(H,23,24,26). The Hall–Kier alpha value is -2.46. The fourth-order valence-corrected chi connectivity index (χ4v) is 3.88. The van der Waals surface area contributed by atoms with E-state index in [0.717, 1.165) is 43.3 Å². The summed E-state index contributed by atoms with van der Waals surface area (Å²) in [5.41, 5.74) is 2.20. The number of nitrogens with one attached hydrogen (secondary N) is 1. The van der Waals surface area contributed by atoms with Gasteiger partial charge in [-0.2, -0.15) is 0 Å². The maximum absolute atomic E-state index is 12.2. The molecule has 4 heteroatoms. The van der Waals surface area contributed by atoms with Gasteiger partial charge in [0.1, 0.15) is 5.82 Å². The van der Waals surface area contributed by atoms with E-state index in [1.807, 2.05) is 24.3 Å². The first-order valence-corrected chi connectivity index (χ1v) is 9.52. The van der Waals surface area contributed by atoms with Crippen LogP contribution in [0.3, 0.4) is 0 Å². The van der Waals surface area contributed by atoms with Gasteiger partial charge < -0.3 is 9.88 Å². The first-order valence-electron chi connectivity index (χ1n) is 9.52. The van der Waals surface area contributed by atoms with Crippen molar-refractivity contribution in [3.05, 3.63) is 76.3 Å².